The Morgan fingerprint density at radius 3 is 2.78 bits per heavy atom. The van der Waals surface area contributed by atoms with Crippen molar-refractivity contribution in [1.82, 2.24) is 9.88 Å². The van der Waals surface area contributed by atoms with Gasteiger partial charge in [-0.2, -0.15) is 0 Å². The number of carboxylic acids is 1. The van der Waals surface area contributed by atoms with Gasteiger partial charge in [-0.25, -0.2) is 0 Å². The van der Waals surface area contributed by atoms with E-state index >= 15 is 0 Å². The molecule has 2 heterocycles. The SMILES string of the molecule is O=C(O)C1CCN(C(=O)c2cccnc2)C(=O)C1. The van der Waals surface area contributed by atoms with Crippen LogP contribution in [0.3, 0.4) is 0 Å². The molecule has 1 aliphatic heterocycles. The van der Waals surface area contributed by atoms with Crippen molar-refractivity contribution in [2.75, 3.05) is 6.54 Å². The molecule has 0 aromatic carbocycles. The van der Waals surface area contributed by atoms with Crippen LogP contribution in [0.4, 0.5) is 0 Å². The zero-order valence-corrected chi connectivity index (χ0v) is 9.57. The number of hydrogen-bond acceptors (Lipinski definition) is 4. The molecule has 6 heteroatoms. The highest BCUT2D eigenvalue weighted by Crippen LogP contribution is 2.20. The fraction of sp³-hybridized carbons (Fsp3) is 0.333. The quantitative estimate of drug-likeness (QED) is 0.772. The van der Waals surface area contributed by atoms with E-state index in [0.29, 0.717) is 12.0 Å². The van der Waals surface area contributed by atoms with Crippen molar-refractivity contribution in [3.63, 3.8) is 0 Å². The molecule has 0 aliphatic carbocycles. The van der Waals surface area contributed by atoms with Gasteiger partial charge in [-0.1, -0.05) is 0 Å². The number of nitrogens with zero attached hydrogens (tertiary/aromatic N) is 2. The van der Waals surface area contributed by atoms with E-state index in [1.807, 2.05) is 0 Å². The Morgan fingerprint density at radius 1 is 1.44 bits per heavy atom. The summed E-state index contributed by atoms with van der Waals surface area (Å²) >= 11 is 0. The van der Waals surface area contributed by atoms with Gasteiger partial charge in [-0.15, -0.1) is 0 Å². The van der Waals surface area contributed by atoms with Gasteiger partial charge in [0.15, 0.2) is 0 Å². The third kappa shape index (κ3) is 2.37. The molecular formula is C12H12N2O4. The lowest BCUT2D eigenvalue weighted by molar-refractivity contribution is -0.148. The molecule has 1 aliphatic rings. The Labute approximate surface area is 103 Å². The van der Waals surface area contributed by atoms with Crippen LogP contribution >= 0.6 is 0 Å². The standard InChI is InChI=1S/C12H12N2O4/c15-10-6-8(12(17)18)3-5-14(10)11(16)9-2-1-4-13-7-9/h1-2,4,7-8H,3,5-6H2,(H,17,18). The Kier molecular flexibility index (Phi) is 3.36. The van der Waals surface area contributed by atoms with Crippen LogP contribution in [0, 0.1) is 5.92 Å². The van der Waals surface area contributed by atoms with E-state index in [1.54, 1.807) is 12.1 Å². The third-order valence-electron chi connectivity index (χ3n) is 2.93. The van der Waals surface area contributed by atoms with Gasteiger partial charge in [-0.3, -0.25) is 24.3 Å². The molecular weight excluding hydrogens is 236 g/mol. The van der Waals surface area contributed by atoms with Crippen LogP contribution in [0.5, 0.6) is 0 Å². The summed E-state index contributed by atoms with van der Waals surface area (Å²) in [5.41, 5.74) is 0.333. The van der Waals surface area contributed by atoms with Crippen molar-refractivity contribution in [3.8, 4) is 0 Å². The number of aliphatic carboxylic acids is 1. The van der Waals surface area contributed by atoms with E-state index in [-0.39, 0.29) is 13.0 Å². The number of likely N-dealkylation sites (tertiary alicyclic amines) is 1. The predicted octanol–water partition coefficient (Wildman–Crippen LogP) is 0.545. The molecule has 2 rings (SSSR count). The molecule has 1 saturated heterocycles. The summed E-state index contributed by atoms with van der Waals surface area (Å²) < 4.78 is 0. The first kappa shape index (κ1) is 12.2. The number of rotatable bonds is 2. The van der Waals surface area contributed by atoms with Crippen molar-refractivity contribution in [3.05, 3.63) is 30.1 Å². The number of carbonyl (C=O) groups excluding carboxylic acids is 2. The second-order valence-corrected chi connectivity index (χ2v) is 4.12. The Hall–Kier alpha value is -2.24. The second-order valence-electron chi connectivity index (χ2n) is 4.12. The maximum absolute atomic E-state index is 12.0. The minimum absolute atomic E-state index is 0.124. The smallest absolute Gasteiger partial charge is 0.307 e. The summed E-state index contributed by atoms with van der Waals surface area (Å²) in [6.07, 6.45) is 3.10. The Morgan fingerprint density at radius 2 is 2.22 bits per heavy atom. The highest BCUT2D eigenvalue weighted by molar-refractivity contribution is 6.05. The molecule has 1 aromatic rings. The van der Waals surface area contributed by atoms with E-state index in [2.05, 4.69) is 4.98 Å². The first-order valence-electron chi connectivity index (χ1n) is 5.57. The van der Waals surface area contributed by atoms with Crippen LogP contribution in [0.15, 0.2) is 24.5 Å². The summed E-state index contributed by atoms with van der Waals surface area (Å²) in [4.78, 5) is 39.4. The molecule has 0 spiro atoms. The molecule has 1 aromatic heterocycles. The van der Waals surface area contributed by atoms with Crippen molar-refractivity contribution in [2.45, 2.75) is 12.8 Å². The monoisotopic (exact) mass is 248 g/mol. The van der Waals surface area contributed by atoms with Crippen LogP contribution < -0.4 is 0 Å². The van der Waals surface area contributed by atoms with E-state index < -0.39 is 23.7 Å². The largest absolute Gasteiger partial charge is 0.481 e. The molecule has 0 saturated carbocycles. The number of aromatic nitrogens is 1. The van der Waals surface area contributed by atoms with Gasteiger partial charge in [-0.05, 0) is 18.6 Å². The average molecular weight is 248 g/mol. The van der Waals surface area contributed by atoms with Gasteiger partial charge in [0.1, 0.15) is 0 Å². The van der Waals surface area contributed by atoms with Crippen LogP contribution in [0.25, 0.3) is 0 Å². The fourth-order valence-electron chi connectivity index (χ4n) is 1.90. The van der Waals surface area contributed by atoms with Crippen LogP contribution in [0.1, 0.15) is 23.2 Å². The van der Waals surface area contributed by atoms with Gasteiger partial charge in [0, 0.05) is 25.4 Å². The Balaban J connectivity index is 2.10. The second kappa shape index (κ2) is 4.95. The van der Waals surface area contributed by atoms with E-state index in [9.17, 15) is 14.4 Å². The zero-order chi connectivity index (χ0) is 13.1. The molecule has 1 fully saturated rings. The lowest BCUT2D eigenvalue weighted by Crippen LogP contribution is -2.44. The van der Waals surface area contributed by atoms with Gasteiger partial charge >= 0.3 is 5.97 Å². The van der Waals surface area contributed by atoms with Crippen molar-refractivity contribution < 1.29 is 19.5 Å². The highest BCUT2D eigenvalue weighted by atomic mass is 16.4. The Bertz CT molecular complexity index is 486. The number of pyridine rings is 1. The van der Waals surface area contributed by atoms with Gasteiger partial charge in [0.05, 0.1) is 11.5 Å². The minimum Gasteiger partial charge on any atom is -0.481 e. The molecule has 94 valence electrons. The summed E-state index contributed by atoms with van der Waals surface area (Å²) in [6, 6.07) is 3.19. The molecule has 1 unspecified atom stereocenters. The van der Waals surface area contributed by atoms with Crippen LogP contribution in [-0.4, -0.2) is 39.3 Å². The van der Waals surface area contributed by atoms with Crippen LogP contribution in [0.2, 0.25) is 0 Å². The number of hydrogen-bond donors (Lipinski definition) is 1. The number of imide groups is 1. The zero-order valence-electron chi connectivity index (χ0n) is 9.57. The third-order valence-corrected chi connectivity index (χ3v) is 2.93. The minimum atomic E-state index is -0.989. The van der Waals surface area contributed by atoms with Gasteiger partial charge < -0.3 is 5.11 Å². The maximum atomic E-state index is 12.0. The topological polar surface area (TPSA) is 87.6 Å². The van der Waals surface area contributed by atoms with E-state index in [0.717, 1.165) is 4.90 Å². The summed E-state index contributed by atoms with van der Waals surface area (Å²) in [5.74, 6) is -2.54. The first-order chi connectivity index (χ1) is 8.59. The molecule has 1 N–H and O–H groups in total. The van der Waals surface area contributed by atoms with Crippen molar-refractivity contribution >= 4 is 17.8 Å². The number of carbonyl (C=O) groups is 3. The summed E-state index contributed by atoms with van der Waals surface area (Å²) in [7, 11) is 0. The number of carboxylic acid groups (broad SMARTS) is 1. The lowest BCUT2D eigenvalue weighted by atomic mass is 9.96. The van der Waals surface area contributed by atoms with E-state index in [1.165, 1.54) is 12.4 Å². The molecule has 1 atom stereocenters. The summed E-state index contributed by atoms with van der Waals surface area (Å²) in [5, 5.41) is 8.83. The van der Waals surface area contributed by atoms with E-state index in [4.69, 9.17) is 5.11 Å². The molecule has 0 radical (unpaired) electrons. The molecule has 2 amide bonds. The van der Waals surface area contributed by atoms with Gasteiger partial charge in [0.2, 0.25) is 5.91 Å². The normalized spacial score (nSPS) is 19.7. The molecule has 18 heavy (non-hydrogen) atoms. The first-order valence-corrected chi connectivity index (χ1v) is 5.57. The average Bonchev–Trinajstić information content (AvgIpc) is 2.38. The summed E-state index contributed by atoms with van der Waals surface area (Å²) in [6.45, 7) is 0.142. The van der Waals surface area contributed by atoms with Gasteiger partial charge in [0.25, 0.3) is 5.91 Å². The molecule has 6 nitrogen and oxygen atoms in total. The maximum Gasteiger partial charge on any atom is 0.307 e. The lowest BCUT2D eigenvalue weighted by Gasteiger charge is -2.28. The van der Waals surface area contributed by atoms with Crippen molar-refractivity contribution in [1.29, 1.82) is 0 Å². The number of piperidine rings is 1. The van der Waals surface area contributed by atoms with Crippen molar-refractivity contribution in [2.24, 2.45) is 5.92 Å². The predicted molar refractivity (Wildman–Crippen MR) is 60.6 cm³/mol. The fourth-order valence-corrected chi connectivity index (χ4v) is 1.90. The number of amides is 2. The molecule has 0 bridgehead atoms. The van der Waals surface area contributed by atoms with Crippen LogP contribution in [-0.2, 0) is 9.59 Å². The highest BCUT2D eigenvalue weighted by Gasteiger charge is 2.33.